The molecule has 1 saturated carbocycles. The molecule has 0 atom stereocenters. The van der Waals surface area contributed by atoms with E-state index < -0.39 is 0 Å². The third kappa shape index (κ3) is 5.54. The van der Waals surface area contributed by atoms with Crippen LogP contribution in [-0.2, 0) is 4.79 Å². The summed E-state index contributed by atoms with van der Waals surface area (Å²) in [6, 6.07) is 2.03. The maximum atomic E-state index is 11.0. The van der Waals surface area contributed by atoms with Crippen LogP contribution in [0.15, 0.2) is 12.4 Å². The van der Waals surface area contributed by atoms with Gasteiger partial charge in [0.15, 0.2) is 0 Å². The Kier molecular flexibility index (Phi) is 6.05. The number of aromatic nitrogens is 2. The van der Waals surface area contributed by atoms with E-state index in [4.69, 9.17) is 11.5 Å². The molecule has 0 radical (unpaired) electrons. The number of anilines is 2. The third-order valence-corrected chi connectivity index (χ3v) is 3.33. The lowest BCUT2D eigenvalue weighted by Gasteiger charge is -2.30. The van der Waals surface area contributed by atoms with E-state index >= 15 is 0 Å². The predicted molar refractivity (Wildman–Crippen MR) is 76.2 cm³/mol. The van der Waals surface area contributed by atoms with Crippen molar-refractivity contribution in [2.45, 2.75) is 45.1 Å². The number of hydrogen-bond acceptors (Lipinski definition) is 5. The van der Waals surface area contributed by atoms with Crippen molar-refractivity contribution >= 4 is 17.5 Å². The Morgan fingerprint density at radius 3 is 2.11 bits per heavy atom. The van der Waals surface area contributed by atoms with Gasteiger partial charge in [-0.25, -0.2) is 9.97 Å². The van der Waals surface area contributed by atoms with Crippen LogP contribution in [0.4, 0.5) is 11.6 Å². The fourth-order valence-corrected chi connectivity index (χ4v) is 2.11. The predicted octanol–water partition coefficient (Wildman–Crippen LogP) is 1.44. The molecule has 1 heterocycles. The minimum Gasteiger partial charge on any atom is -0.384 e. The molecule has 0 saturated heterocycles. The summed E-state index contributed by atoms with van der Waals surface area (Å²) in [7, 11) is 1.92. The van der Waals surface area contributed by atoms with Crippen LogP contribution < -0.4 is 11.5 Å². The molecule has 1 amide bonds. The molecular weight excluding hydrogens is 242 g/mol. The summed E-state index contributed by atoms with van der Waals surface area (Å²) in [5.41, 5.74) is 10.5. The maximum absolute atomic E-state index is 11.0. The van der Waals surface area contributed by atoms with Crippen LogP contribution in [0.3, 0.4) is 0 Å². The average molecular weight is 265 g/mol. The van der Waals surface area contributed by atoms with Gasteiger partial charge in [0.2, 0.25) is 5.91 Å². The highest BCUT2D eigenvalue weighted by molar-refractivity contribution is 5.73. The number of hydrogen-bond donors (Lipinski definition) is 2. The molecule has 0 aliphatic heterocycles. The lowest BCUT2D eigenvalue weighted by Crippen LogP contribution is -2.36. The highest BCUT2D eigenvalue weighted by Crippen LogP contribution is 2.21. The Hall–Kier alpha value is -1.85. The van der Waals surface area contributed by atoms with Crippen molar-refractivity contribution in [2.24, 2.45) is 0 Å². The lowest BCUT2D eigenvalue weighted by atomic mass is 9.94. The Labute approximate surface area is 114 Å². The summed E-state index contributed by atoms with van der Waals surface area (Å²) in [5, 5.41) is 0. The minimum absolute atomic E-state index is 0.205. The van der Waals surface area contributed by atoms with Gasteiger partial charge in [0.25, 0.3) is 0 Å². The van der Waals surface area contributed by atoms with Crippen LogP contribution in [-0.4, -0.2) is 33.9 Å². The molecule has 19 heavy (non-hydrogen) atoms. The highest BCUT2D eigenvalue weighted by Gasteiger charge is 2.18. The zero-order valence-corrected chi connectivity index (χ0v) is 11.7. The molecular formula is C13H23N5O. The van der Waals surface area contributed by atoms with Crippen LogP contribution in [0, 0.1) is 0 Å². The van der Waals surface area contributed by atoms with Gasteiger partial charge in [0.05, 0.1) is 0 Å². The van der Waals surface area contributed by atoms with Gasteiger partial charge in [-0.2, -0.15) is 0 Å². The smallest absolute Gasteiger partial charge is 0.219 e. The maximum Gasteiger partial charge on any atom is 0.219 e. The fourth-order valence-electron chi connectivity index (χ4n) is 2.11. The second-order valence-corrected chi connectivity index (χ2v) is 4.79. The lowest BCUT2D eigenvalue weighted by molar-refractivity contribution is -0.130. The number of nitrogens with zero attached hydrogens (tertiary/aromatic N) is 3. The van der Waals surface area contributed by atoms with E-state index in [1.807, 2.05) is 11.9 Å². The zero-order chi connectivity index (χ0) is 14.3. The first-order valence-corrected chi connectivity index (χ1v) is 6.57. The second-order valence-electron chi connectivity index (χ2n) is 4.79. The van der Waals surface area contributed by atoms with Crippen molar-refractivity contribution in [1.82, 2.24) is 14.9 Å². The van der Waals surface area contributed by atoms with Crippen molar-refractivity contribution < 1.29 is 4.79 Å². The highest BCUT2D eigenvalue weighted by atomic mass is 16.2. The van der Waals surface area contributed by atoms with Gasteiger partial charge >= 0.3 is 0 Å². The van der Waals surface area contributed by atoms with E-state index in [1.54, 1.807) is 6.92 Å². The van der Waals surface area contributed by atoms with Crippen LogP contribution in [0.25, 0.3) is 0 Å². The second kappa shape index (κ2) is 7.56. The van der Waals surface area contributed by atoms with Crippen molar-refractivity contribution in [3.63, 3.8) is 0 Å². The zero-order valence-electron chi connectivity index (χ0n) is 11.7. The van der Waals surface area contributed by atoms with E-state index in [9.17, 15) is 4.79 Å². The molecule has 2 rings (SSSR count). The summed E-state index contributed by atoms with van der Waals surface area (Å²) in [5.74, 6) is 1.01. The molecule has 0 aromatic carbocycles. The minimum atomic E-state index is 0.205. The topological polar surface area (TPSA) is 98.1 Å². The van der Waals surface area contributed by atoms with Crippen LogP contribution in [0.5, 0.6) is 0 Å². The summed E-state index contributed by atoms with van der Waals surface area (Å²) in [6.45, 7) is 1.65. The van der Waals surface area contributed by atoms with Crippen LogP contribution in [0.1, 0.15) is 39.0 Å². The first kappa shape index (κ1) is 15.2. The van der Waals surface area contributed by atoms with E-state index in [0.717, 1.165) is 0 Å². The number of nitrogen functional groups attached to an aromatic ring is 2. The quantitative estimate of drug-likeness (QED) is 0.800. The van der Waals surface area contributed by atoms with Gasteiger partial charge in [0.1, 0.15) is 18.0 Å². The van der Waals surface area contributed by atoms with Crippen LogP contribution in [0.2, 0.25) is 0 Å². The first-order chi connectivity index (χ1) is 9.00. The molecule has 1 aromatic heterocycles. The van der Waals surface area contributed by atoms with Gasteiger partial charge < -0.3 is 16.4 Å². The molecule has 6 heteroatoms. The summed E-state index contributed by atoms with van der Waals surface area (Å²) in [6.07, 6.45) is 7.67. The van der Waals surface area contributed by atoms with E-state index in [-0.39, 0.29) is 5.91 Å². The van der Waals surface area contributed by atoms with Crippen molar-refractivity contribution in [3.05, 3.63) is 12.4 Å². The molecule has 1 aliphatic rings. The Bertz CT molecular complexity index is 387. The number of nitrogens with two attached hydrogens (primary N) is 2. The standard InChI is InChI=1S/C9H17NO.C4H6N4/c1-8(11)10(2)9-6-4-3-5-7-9;5-3-1-4(6)8-2-7-3/h9H,3-7H2,1-2H3;1-2H,(H4,5,6,7,8). The van der Waals surface area contributed by atoms with Crippen molar-refractivity contribution in [1.29, 1.82) is 0 Å². The number of carbonyl (C=O) groups is 1. The summed E-state index contributed by atoms with van der Waals surface area (Å²) < 4.78 is 0. The molecule has 1 aromatic rings. The largest absolute Gasteiger partial charge is 0.384 e. The monoisotopic (exact) mass is 265 g/mol. The SMILES string of the molecule is CC(=O)N(C)C1CCCCC1.Nc1cc(N)ncn1. The fraction of sp³-hybridized carbons (Fsp3) is 0.615. The van der Waals surface area contributed by atoms with E-state index in [1.165, 1.54) is 44.5 Å². The average Bonchev–Trinajstić information content (AvgIpc) is 2.39. The van der Waals surface area contributed by atoms with E-state index in [0.29, 0.717) is 17.7 Å². The molecule has 0 bridgehead atoms. The number of amides is 1. The van der Waals surface area contributed by atoms with E-state index in [2.05, 4.69) is 9.97 Å². The van der Waals surface area contributed by atoms with Crippen molar-refractivity contribution in [2.75, 3.05) is 18.5 Å². The molecule has 106 valence electrons. The van der Waals surface area contributed by atoms with Gasteiger partial charge in [-0.05, 0) is 12.8 Å². The number of rotatable bonds is 1. The summed E-state index contributed by atoms with van der Waals surface area (Å²) >= 11 is 0. The Morgan fingerprint density at radius 1 is 1.21 bits per heavy atom. The normalized spacial score (nSPS) is 15.3. The molecule has 0 spiro atoms. The van der Waals surface area contributed by atoms with Gasteiger partial charge in [0, 0.05) is 26.1 Å². The Morgan fingerprint density at radius 2 is 1.74 bits per heavy atom. The van der Waals surface area contributed by atoms with Gasteiger partial charge in [-0.15, -0.1) is 0 Å². The summed E-state index contributed by atoms with van der Waals surface area (Å²) in [4.78, 5) is 20.1. The van der Waals surface area contributed by atoms with Gasteiger partial charge in [-0.1, -0.05) is 19.3 Å². The molecule has 4 N–H and O–H groups in total. The molecule has 1 aliphatic carbocycles. The number of carbonyl (C=O) groups excluding carboxylic acids is 1. The molecule has 1 fully saturated rings. The third-order valence-electron chi connectivity index (χ3n) is 3.33. The molecule has 6 nitrogen and oxygen atoms in total. The first-order valence-electron chi connectivity index (χ1n) is 6.57. The Balaban J connectivity index is 0.000000200. The van der Waals surface area contributed by atoms with Crippen molar-refractivity contribution in [3.8, 4) is 0 Å². The van der Waals surface area contributed by atoms with Crippen LogP contribution >= 0.6 is 0 Å². The van der Waals surface area contributed by atoms with Gasteiger partial charge in [-0.3, -0.25) is 4.79 Å². The molecule has 0 unspecified atom stereocenters.